The summed E-state index contributed by atoms with van der Waals surface area (Å²) in [5, 5.41) is 2.75. The van der Waals surface area contributed by atoms with Crippen molar-refractivity contribution in [1.82, 2.24) is 0 Å². The highest BCUT2D eigenvalue weighted by atomic mass is 31.1. The van der Waals surface area contributed by atoms with Gasteiger partial charge >= 0.3 is 0 Å². The number of hydrogen-bond acceptors (Lipinski definition) is 1. The van der Waals surface area contributed by atoms with Crippen molar-refractivity contribution in [2.45, 2.75) is 33.3 Å². The van der Waals surface area contributed by atoms with Crippen LogP contribution in [0.5, 0.6) is 5.75 Å². The maximum atomic E-state index is 6.15. The summed E-state index contributed by atoms with van der Waals surface area (Å²) < 4.78 is 6.15. The van der Waals surface area contributed by atoms with E-state index < -0.39 is 0 Å². The van der Waals surface area contributed by atoms with E-state index >= 15 is 0 Å². The maximum absolute atomic E-state index is 6.15. The molecule has 0 amide bonds. The third kappa shape index (κ3) is 3.84. The van der Waals surface area contributed by atoms with Crippen LogP contribution >= 0.6 is 7.92 Å². The quantitative estimate of drug-likeness (QED) is 0.761. The molecular formula is C18H23OP. The molecule has 0 N–H and O–H groups in total. The maximum Gasteiger partial charge on any atom is 0.128 e. The summed E-state index contributed by atoms with van der Waals surface area (Å²) in [7, 11) is -0.347. The lowest BCUT2D eigenvalue weighted by Gasteiger charge is -2.26. The molecule has 1 atom stereocenters. The largest absolute Gasteiger partial charge is 0.487 e. The molecule has 0 spiro atoms. The summed E-state index contributed by atoms with van der Waals surface area (Å²) in [5.74, 6) is 1.02. The molecule has 1 nitrogen and oxygen atoms in total. The van der Waals surface area contributed by atoms with Crippen LogP contribution in [0.2, 0.25) is 0 Å². The summed E-state index contributed by atoms with van der Waals surface area (Å²) in [6.07, 6.45) is 1.13. The molecule has 2 aromatic carbocycles. The average molecular weight is 286 g/mol. The van der Waals surface area contributed by atoms with Crippen LogP contribution in [-0.4, -0.2) is 11.8 Å². The highest BCUT2D eigenvalue weighted by Gasteiger charge is 2.19. The Morgan fingerprint density at radius 3 is 2.10 bits per heavy atom. The fraction of sp³-hybridized carbons (Fsp3) is 0.333. The minimum Gasteiger partial charge on any atom is -0.487 e. The molecule has 2 heteroatoms. The molecule has 20 heavy (non-hydrogen) atoms. The number of para-hydroxylation sites is 1. The molecule has 0 saturated carbocycles. The molecular weight excluding hydrogens is 263 g/mol. The lowest BCUT2D eigenvalue weighted by molar-refractivity contribution is 0.132. The van der Waals surface area contributed by atoms with Gasteiger partial charge in [-0.05, 0) is 46.2 Å². The van der Waals surface area contributed by atoms with Crippen LogP contribution in [0.1, 0.15) is 27.7 Å². The number of ether oxygens (including phenoxy) is 1. The Balaban J connectivity index is 2.40. The zero-order valence-corrected chi connectivity index (χ0v) is 13.7. The smallest absolute Gasteiger partial charge is 0.128 e. The van der Waals surface area contributed by atoms with Crippen molar-refractivity contribution in [2.75, 3.05) is 6.16 Å². The Morgan fingerprint density at radius 1 is 0.900 bits per heavy atom. The standard InChI is InChI=1S/C18H23OP/c1-5-20(15-11-7-6-8-12-15)17-14-10-9-13-16(17)19-18(2,3)4/h6-14H,5H2,1-4H3. The van der Waals surface area contributed by atoms with E-state index in [9.17, 15) is 0 Å². The normalized spacial score (nSPS) is 13.0. The molecule has 106 valence electrons. The van der Waals surface area contributed by atoms with E-state index in [-0.39, 0.29) is 13.5 Å². The van der Waals surface area contributed by atoms with Gasteiger partial charge in [-0.1, -0.05) is 55.5 Å². The summed E-state index contributed by atoms with van der Waals surface area (Å²) in [5.41, 5.74) is -0.165. The van der Waals surface area contributed by atoms with Crippen LogP contribution in [0.4, 0.5) is 0 Å². The highest BCUT2D eigenvalue weighted by Crippen LogP contribution is 2.37. The van der Waals surface area contributed by atoms with Gasteiger partial charge in [-0.15, -0.1) is 0 Å². The van der Waals surface area contributed by atoms with Gasteiger partial charge < -0.3 is 4.74 Å². The van der Waals surface area contributed by atoms with Gasteiger partial charge in [0, 0.05) is 5.30 Å². The Hall–Kier alpha value is -1.33. The first kappa shape index (κ1) is 15.1. The van der Waals surface area contributed by atoms with Crippen LogP contribution in [0.25, 0.3) is 0 Å². The highest BCUT2D eigenvalue weighted by molar-refractivity contribution is 7.73. The van der Waals surface area contributed by atoms with Crippen molar-refractivity contribution in [1.29, 1.82) is 0 Å². The molecule has 0 aromatic heterocycles. The van der Waals surface area contributed by atoms with E-state index in [1.54, 1.807) is 0 Å². The SMILES string of the molecule is CCP(c1ccccc1)c1ccccc1OC(C)(C)C. The van der Waals surface area contributed by atoms with Crippen LogP contribution in [0.3, 0.4) is 0 Å². The molecule has 0 saturated heterocycles. The molecule has 0 fully saturated rings. The topological polar surface area (TPSA) is 9.23 Å². The lowest BCUT2D eigenvalue weighted by Crippen LogP contribution is -2.27. The van der Waals surface area contributed by atoms with Crippen molar-refractivity contribution in [3.8, 4) is 5.75 Å². The summed E-state index contributed by atoms with van der Waals surface area (Å²) in [6.45, 7) is 8.55. The van der Waals surface area contributed by atoms with Crippen LogP contribution in [0, 0.1) is 0 Å². The number of rotatable bonds is 4. The molecule has 0 bridgehead atoms. The van der Waals surface area contributed by atoms with Gasteiger partial charge in [0.1, 0.15) is 11.4 Å². The fourth-order valence-corrected chi connectivity index (χ4v) is 4.36. The van der Waals surface area contributed by atoms with Crippen molar-refractivity contribution in [2.24, 2.45) is 0 Å². The van der Waals surface area contributed by atoms with Gasteiger partial charge in [-0.25, -0.2) is 0 Å². The lowest BCUT2D eigenvalue weighted by atomic mass is 10.2. The summed E-state index contributed by atoms with van der Waals surface area (Å²) in [4.78, 5) is 0. The van der Waals surface area contributed by atoms with Crippen molar-refractivity contribution in [3.63, 3.8) is 0 Å². The second-order valence-electron chi connectivity index (χ2n) is 5.76. The third-order valence-corrected chi connectivity index (χ3v) is 5.46. The average Bonchev–Trinajstić information content (AvgIpc) is 2.41. The van der Waals surface area contributed by atoms with Gasteiger partial charge in [-0.3, -0.25) is 0 Å². The Morgan fingerprint density at radius 2 is 1.50 bits per heavy atom. The van der Waals surface area contributed by atoms with Gasteiger partial charge in [0.25, 0.3) is 0 Å². The Labute approximate surface area is 123 Å². The van der Waals surface area contributed by atoms with Crippen LogP contribution < -0.4 is 15.3 Å². The van der Waals surface area contributed by atoms with E-state index in [1.165, 1.54) is 10.6 Å². The van der Waals surface area contributed by atoms with Crippen LogP contribution in [0.15, 0.2) is 54.6 Å². The summed E-state index contributed by atoms with van der Waals surface area (Å²) >= 11 is 0. The van der Waals surface area contributed by atoms with Gasteiger partial charge in [0.05, 0.1) is 0 Å². The van der Waals surface area contributed by atoms with E-state index in [0.717, 1.165) is 11.9 Å². The first-order valence-corrected chi connectivity index (χ1v) is 8.64. The molecule has 1 unspecified atom stereocenters. The molecule has 2 aromatic rings. The first-order chi connectivity index (χ1) is 9.51. The summed E-state index contributed by atoms with van der Waals surface area (Å²) in [6, 6.07) is 19.2. The van der Waals surface area contributed by atoms with Gasteiger partial charge in [0.2, 0.25) is 0 Å². The molecule has 0 aliphatic carbocycles. The number of hydrogen-bond donors (Lipinski definition) is 0. The molecule has 0 aliphatic heterocycles. The predicted molar refractivity (Wildman–Crippen MR) is 90.0 cm³/mol. The zero-order chi connectivity index (χ0) is 14.6. The number of benzene rings is 2. The second kappa shape index (κ2) is 6.41. The minimum atomic E-state index is -0.347. The van der Waals surface area contributed by atoms with Gasteiger partial charge in [0.15, 0.2) is 0 Å². The minimum absolute atomic E-state index is 0.165. The third-order valence-electron chi connectivity index (χ3n) is 2.96. The van der Waals surface area contributed by atoms with E-state index in [1.807, 2.05) is 0 Å². The van der Waals surface area contributed by atoms with Crippen LogP contribution in [-0.2, 0) is 0 Å². The molecule has 2 rings (SSSR count). The monoisotopic (exact) mass is 286 g/mol. The molecule has 0 radical (unpaired) electrons. The van der Waals surface area contributed by atoms with E-state index in [0.29, 0.717) is 0 Å². The van der Waals surface area contributed by atoms with Crippen molar-refractivity contribution >= 4 is 18.5 Å². The first-order valence-electron chi connectivity index (χ1n) is 7.12. The Bertz CT molecular complexity index is 543. The van der Waals surface area contributed by atoms with E-state index in [4.69, 9.17) is 4.74 Å². The second-order valence-corrected chi connectivity index (χ2v) is 8.25. The Kier molecular flexibility index (Phi) is 4.83. The van der Waals surface area contributed by atoms with Gasteiger partial charge in [-0.2, -0.15) is 0 Å². The zero-order valence-electron chi connectivity index (χ0n) is 12.8. The van der Waals surface area contributed by atoms with E-state index in [2.05, 4.69) is 82.3 Å². The van der Waals surface area contributed by atoms with Crippen molar-refractivity contribution in [3.05, 3.63) is 54.6 Å². The predicted octanol–water partition coefficient (Wildman–Crippen LogP) is 4.32. The fourth-order valence-electron chi connectivity index (χ4n) is 2.20. The molecule has 0 heterocycles. The molecule has 0 aliphatic rings. The van der Waals surface area contributed by atoms with Crippen molar-refractivity contribution < 1.29 is 4.74 Å².